The number of allylic oxidation sites excluding steroid dienone is 4. The van der Waals surface area contributed by atoms with Crippen LogP contribution in [0.15, 0.2) is 62.1 Å². The van der Waals surface area contributed by atoms with Crippen LogP contribution >= 0.6 is 0 Å². The first-order chi connectivity index (χ1) is 14.4. The number of hydrogen-bond donors (Lipinski definition) is 1. The Balaban J connectivity index is 1.53. The molecule has 1 saturated carbocycles. The molecule has 2 unspecified atom stereocenters. The van der Waals surface area contributed by atoms with E-state index in [0.717, 1.165) is 64.4 Å². The molecule has 166 valence electrons. The Bertz CT molecular complexity index is 680. The highest BCUT2D eigenvalue weighted by molar-refractivity contribution is 5.21. The SMILES string of the molecule is C=C/C=C(\C=C)CCCN(C=C)C1CCC2(C1)CN(CC1(C)COCOC1)C(=C)N2. The molecular weight excluding hydrogens is 374 g/mol. The molecule has 0 bridgehead atoms. The summed E-state index contributed by atoms with van der Waals surface area (Å²) in [5, 5.41) is 3.75. The van der Waals surface area contributed by atoms with Crippen LogP contribution < -0.4 is 5.32 Å². The van der Waals surface area contributed by atoms with Crippen LogP contribution in [0, 0.1) is 5.41 Å². The smallest absolute Gasteiger partial charge is 0.146 e. The lowest BCUT2D eigenvalue weighted by Gasteiger charge is -2.37. The standard InChI is InChI=1S/C25H39N3O2/c1-6-10-22(7-2)11-9-14-27(8-3)23-12-13-25(15-23)17-28(21(4)26-25)16-24(5)18-29-20-30-19-24/h6-8,10,23,26H,1-4,9,11-20H2,5H3/b22-10+. The first-order valence-electron chi connectivity index (χ1n) is 11.1. The number of rotatable bonds is 10. The quantitative estimate of drug-likeness (QED) is 0.544. The van der Waals surface area contributed by atoms with Crippen LogP contribution in [0.1, 0.15) is 39.0 Å². The van der Waals surface area contributed by atoms with Gasteiger partial charge in [0.15, 0.2) is 0 Å². The van der Waals surface area contributed by atoms with Gasteiger partial charge in [-0.3, -0.25) is 0 Å². The minimum absolute atomic E-state index is 0.0153. The zero-order chi connectivity index (χ0) is 21.6. The van der Waals surface area contributed by atoms with E-state index in [2.05, 4.69) is 48.4 Å². The predicted octanol–water partition coefficient (Wildman–Crippen LogP) is 4.19. The summed E-state index contributed by atoms with van der Waals surface area (Å²) in [5.41, 5.74) is 1.37. The summed E-state index contributed by atoms with van der Waals surface area (Å²) >= 11 is 0. The molecule has 1 aliphatic carbocycles. The maximum Gasteiger partial charge on any atom is 0.146 e. The average molecular weight is 414 g/mol. The highest BCUT2D eigenvalue weighted by atomic mass is 16.7. The first kappa shape index (κ1) is 22.7. The highest BCUT2D eigenvalue weighted by Gasteiger charge is 2.47. The molecule has 1 N–H and O–H groups in total. The summed E-state index contributed by atoms with van der Waals surface area (Å²) in [6, 6.07) is 0.523. The average Bonchev–Trinajstić information content (AvgIpc) is 3.26. The van der Waals surface area contributed by atoms with Crippen molar-refractivity contribution in [2.75, 3.05) is 39.6 Å². The van der Waals surface area contributed by atoms with Gasteiger partial charge in [-0.05, 0) is 43.9 Å². The van der Waals surface area contributed by atoms with Crippen molar-refractivity contribution in [3.05, 3.63) is 62.1 Å². The number of nitrogens with one attached hydrogen (secondary N) is 1. The Morgan fingerprint density at radius 3 is 2.73 bits per heavy atom. The molecule has 30 heavy (non-hydrogen) atoms. The minimum atomic E-state index is 0.0153. The number of hydrogen-bond acceptors (Lipinski definition) is 5. The Morgan fingerprint density at radius 2 is 2.07 bits per heavy atom. The summed E-state index contributed by atoms with van der Waals surface area (Å²) in [6.45, 7) is 23.1. The normalized spacial score (nSPS) is 28.4. The molecule has 5 heteroatoms. The molecule has 0 aromatic heterocycles. The topological polar surface area (TPSA) is 37.0 Å². The third-order valence-corrected chi connectivity index (χ3v) is 6.69. The maximum atomic E-state index is 5.56. The zero-order valence-corrected chi connectivity index (χ0v) is 18.7. The van der Waals surface area contributed by atoms with Crippen molar-refractivity contribution in [3.8, 4) is 0 Å². The van der Waals surface area contributed by atoms with Gasteiger partial charge in [0.25, 0.3) is 0 Å². The van der Waals surface area contributed by atoms with E-state index in [9.17, 15) is 0 Å². The van der Waals surface area contributed by atoms with Gasteiger partial charge in [-0.25, -0.2) is 0 Å². The van der Waals surface area contributed by atoms with Crippen molar-refractivity contribution in [2.24, 2.45) is 5.41 Å². The van der Waals surface area contributed by atoms with E-state index in [4.69, 9.17) is 9.47 Å². The summed E-state index contributed by atoms with van der Waals surface area (Å²) < 4.78 is 11.1. The van der Waals surface area contributed by atoms with Crippen molar-refractivity contribution in [1.29, 1.82) is 0 Å². The van der Waals surface area contributed by atoms with Crippen LogP contribution in [0.2, 0.25) is 0 Å². The van der Waals surface area contributed by atoms with Gasteiger partial charge in [0, 0.05) is 31.1 Å². The molecule has 0 amide bonds. The lowest BCUT2D eigenvalue weighted by Crippen LogP contribution is -2.45. The van der Waals surface area contributed by atoms with Gasteiger partial charge in [0.05, 0.1) is 24.6 Å². The molecule has 0 aromatic rings. The summed E-state index contributed by atoms with van der Waals surface area (Å²) in [4.78, 5) is 4.83. The Hall–Kier alpha value is -1.98. The van der Waals surface area contributed by atoms with Gasteiger partial charge < -0.3 is 24.6 Å². The molecule has 2 heterocycles. The van der Waals surface area contributed by atoms with Crippen LogP contribution in [0.5, 0.6) is 0 Å². The molecule has 3 aliphatic rings. The molecule has 5 nitrogen and oxygen atoms in total. The molecule has 1 spiro atoms. The van der Waals surface area contributed by atoms with E-state index in [-0.39, 0.29) is 11.0 Å². The Kier molecular flexibility index (Phi) is 7.48. The van der Waals surface area contributed by atoms with Gasteiger partial charge in [-0.2, -0.15) is 0 Å². The van der Waals surface area contributed by atoms with Crippen LogP contribution in [-0.4, -0.2) is 61.0 Å². The van der Waals surface area contributed by atoms with Gasteiger partial charge in [-0.1, -0.05) is 51.5 Å². The second kappa shape index (κ2) is 9.88. The van der Waals surface area contributed by atoms with Crippen molar-refractivity contribution >= 4 is 0 Å². The predicted molar refractivity (Wildman–Crippen MR) is 124 cm³/mol. The summed E-state index contributed by atoms with van der Waals surface area (Å²) in [6.07, 6.45) is 13.4. The molecular formula is C25H39N3O2. The molecule has 2 saturated heterocycles. The van der Waals surface area contributed by atoms with Crippen LogP contribution in [0.4, 0.5) is 0 Å². The second-order valence-electron chi connectivity index (χ2n) is 9.44. The van der Waals surface area contributed by atoms with Crippen LogP contribution in [0.25, 0.3) is 0 Å². The monoisotopic (exact) mass is 413 g/mol. The number of nitrogens with zero attached hydrogens (tertiary/aromatic N) is 2. The van der Waals surface area contributed by atoms with Crippen molar-refractivity contribution in [2.45, 2.75) is 50.6 Å². The molecule has 3 fully saturated rings. The van der Waals surface area contributed by atoms with E-state index in [1.54, 1.807) is 0 Å². The van der Waals surface area contributed by atoms with E-state index in [0.29, 0.717) is 12.8 Å². The molecule has 0 radical (unpaired) electrons. The summed E-state index contributed by atoms with van der Waals surface area (Å²) in [7, 11) is 0. The lowest BCUT2D eigenvalue weighted by molar-refractivity contribution is -0.162. The maximum absolute atomic E-state index is 5.56. The van der Waals surface area contributed by atoms with E-state index < -0.39 is 0 Å². The van der Waals surface area contributed by atoms with E-state index in [1.807, 2.05) is 24.4 Å². The molecule has 2 atom stereocenters. The molecule has 2 aliphatic heterocycles. The van der Waals surface area contributed by atoms with E-state index in [1.165, 1.54) is 12.0 Å². The van der Waals surface area contributed by atoms with Gasteiger partial charge in [0.1, 0.15) is 6.79 Å². The van der Waals surface area contributed by atoms with Crippen molar-refractivity contribution < 1.29 is 9.47 Å². The van der Waals surface area contributed by atoms with Crippen LogP contribution in [0.3, 0.4) is 0 Å². The number of ether oxygens (including phenoxy) is 2. The summed E-state index contributed by atoms with van der Waals surface area (Å²) in [5.74, 6) is 1.04. The van der Waals surface area contributed by atoms with Gasteiger partial charge in [0.2, 0.25) is 0 Å². The zero-order valence-electron chi connectivity index (χ0n) is 18.7. The largest absolute Gasteiger partial charge is 0.375 e. The van der Waals surface area contributed by atoms with Crippen molar-refractivity contribution in [3.63, 3.8) is 0 Å². The third-order valence-electron chi connectivity index (χ3n) is 6.69. The third kappa shape index (κ3) is 5.38. The second-order valence-corrected chi connectivity index (χ2v) is 9.44. The molecule has 3 rings (SSSR count). The fraction of sp³-hybridized carbons (Fsp3) is 0.600. The van der Waals surface area contributed by atoms with Gasteiger partial charge in [-0.15, -0.1) is 0 Å². The first-order valence-corrected chi connectivity index (χ1v) is 11.1. The van der Waals surface area contributed by atoms with Crippen molar-refractivity contribution in [1.82, 2.24) is 15.1 Å². The highest BCUT2D eigenvalue weighted by Crippen LogP contribution is 2.40. The minimum Gasteiger partial charge on any atom is -0.375 e. The van der Waals surface area contributed by atoms with Gasteiger partial charge >= 0.3 is 0 Å². The Morgan fingerprint density at radius 1 is 1.30 bits per heavy atom. The lowest BCUT2D eigenvalue weighted by atomic mass is 9.91. The fourth-order valence-electron chi connectivity index (χ4n) is 5.20. The fourth-order valence-corrected chi connectivity index (χ4v) is 5.20. The van der Waals surface area contributed by atoms with Crippen LogP contribution in [-0.2, 0) is 9.47 Å². The van der Waals surface area contributed by atoms with E-state index >= 15 is 0 Å². The molecule has 0 aromatic carbocycles. The Labute approximate surface area is 182 Å².